The van der Waals surface area contributed by atoms with Crippen molar-refractivity contribution in [1.29, 1.82) is 5.26 Å². The average Bonchev–Trinajstić information content (AvgIpc) is 2.97. The molecule has 1 heterocycles. The molecule has 1 atom stereocenters. The van der Waals surface area contributed by atoms with Gasteiger partial charge in [0.15, 0.2) is 6.10 Å². The zero-order valence-corrected chi connectivity index (χ0v) is 17.1. The summed E-state index contributed by atoms with van der Waals surface area (Å²) in [4.78, 5) is 24.6. The number of para-hydroxylation sites is 1. The van der Waals surface area contributed by atoms with Crippen molar-refractivity contribution in [2.75, 3.05) is 19.0 Å². The smallest absolute Gasteiger partial charge is 0.349 e. The largest absolute Gasteiger partial charge is 0.448 e. The number of methoxy groups -OCH3 is 1. The zero-order chi connectivity index (χ0) is 21.4. The lowest BCUT2D eigenvalue weighted by Gasteiger charge is -2.13. The Morgan fingerprint density at radius 1 is 1.28 bits per heavy atom. The van der Waals surface area contributed by atoms with Crippen LogP contribution in [0.1, 0.15) is 23.9 Å². The fraction of sp³-hybridized carbons (Fsp3) is 0.318. The number of hydrogen-bond acceptors (Lipinski definition) is 5. The molecule has 0 saturated heterocycles. The van der Waals surface area contributed by atoms with E-state index in [-0.39, 0.29) is 5.57 Å². The van der Waals surface area contributed by atoms with Gasteiger partial charge in [0.25, 0.3) is 5.91 Å². The predicted octanol–water partition coefficient (Wildman–Crippen LogP) is 3.23. The lowest BCUT2D eigenvalue weighted by Crippen LogP contribution is -2.30. The molecule has 0 fully saturated rings. The van der Waals surface area contributed by atoms with Gasteiger partial charge in [-0.1, -0.05) is 18.2 Å². The Morgan fingerprint density at radius 2 is 1.97 bits per heavy atom. The molecule has 2 aromatic rings. The molecule has 2 rings (SSSR count). The third-order valence-electron chi connectivity index (χ3n) is 4.47. The summed E-state index contributed by atoms with van der Waals surface area (Å²) in [5.74, 6) is -1.32. The molecule has 1 aromatic heterocycles. The number of carbonyl (C=O) groups excluding carboxylic acids is 2. The van der Waals surface area contributed by atoms with E-state index in [9.17, 15) is 14.9 Å². The predicted molar refractivity (Wildman–Crippen MR) is 110 cm³/mol. The Labute approximate surface area is 170 Å². The number of anilines is 1. The fourth-order valence-electron chi connectivity index (χ4n) is 2.84. The number of hydrogen-bond donors (Lipinski definition) is 1. The second-order valence-electron chi connectivity index (χ2n) is 6.54. The summed E-state index contributed by atoms with van der Waals surface area (Å²) in [6.45, 7) is 6.54. The first-order chi connectivity index (χ1) is 13.9. The molecule has 7 heteroatoms. The molecule has 152 valence electrons. The van der Waals surface area contributed by atoms with Gasteiger partial charge in [-0.15, -0.1) is 0 Å². The van der Waals surface area contributed by atoms with Crippen LogP contribution in [0, 0.1) is 25.2 Å². The van der Waals surface area contributed by atoms with Crippen LogP contribution in [0.5, 0.6) is 0 Å². The molecule has 0 aliphatic rings. The standard InChI is InChI=1S/C22H25N3O4/c1-15-12-18(16(2)25(15)10-11-28-4)13-19(14-23)22(27)29-17(3)21(26)24-20-8-6-5-7-9-20/h5-9,12-13,17H,10-11H2,1-4H3,(H,24,26)/b19-13+/t17-/m0/s1. The number of amides is 1. The molecule has 0 aliphatic carbocycles. The first-order valence-electron chi connectivity index (χ1n) is 9.21. The van der Waals surface area contributed by atoms with E-state index in [1.165, 1.54) is 13.0 Å². The number of rotatable bonds is 8. The quantitative estimate of drug-likeness (QED) is 0.421. The van der Waals surface area contributed by atoms with Crippen LogP contribution < -0.4 is 5.32 Å². The summed E-state index contributed by atoms with van der Waals surface area (Å²) in [7, 11) is 1.63. The number of aryl methyl sites for hydroxylation is 1. The first kappa shape index (κ1) is 21.9. The maximum atomic E-state index is 12.4. The van der Waals surface area contributed by atoms with Crippen LogP contribution in [-0.4, -0.2) is 36.3 Å². The van der Waals surface area contributed by atoms with Crippen LogP contribution in [0.3, 0.4) is 0 Å². The number of nitrogens with one attached hydrogen (secondary N) is 1. The molecule has 0 spiro atoms. The second kappa shape index (κ2) is 10.2. The molecule has 0 aliphatic heterocycles. The van der Waals surface area contributed by atoms with E-state index in [2.05, 4.69) is 5.32 Å². The van der Waals surface area contributed by atoms with Crippen molar-refractivity contribution in [2.24, 2.45) is 0 Å². The monoisotopic (exact) mass is 395 g/mol. The lowest BCUT2D eigenvalue weighted by molar-refractivity contribution is -0.148. The highest BCUT2D eigenvalue weighted by molar-refractivity contribution is 6.01. The summed E-state index contributed by atoms with van der Waals surface area (Å²) in [5, 5.41) is 12.1. The molecule has 29 heavy (non-hydrogen) atoms. The third-order valence-corrected chi connectivity index (χ3v) is 4.47. The number of esters is 1. The van der Waals surface area contributed by atoms with Crippen LogP contribution in [-0.2, 0) is 25.6 Å². The summed E-state index contributed by atoms with van der Waals surface area (Å²) in [6, 6.07) is 12.6. The highest BCUT2D eigenvalue weighted by atomic mass is 16.5. The minimum Gasteiger partial charge on any atom is -0.448 e. The van der Waals surface area contributed by atoms with Crippen molar-refractivity contribution in [3.05, 3.63) is 58.9 Å². The number of aromatic nitrogens is 1. The number of carbonyl (C=O) groups is 2. The number of nitrogens with zero attached hydrogens (tertiary/aromatic N) is 2. The van der Waals surface area contributed by atoms with E-state index in [4.69, 9.17) is 9.47 Å². The molecule has 0 unspecified atom stereocenters. The van der Waals surface area contributed by atoms with Gasteiger partial charge >= 0.3 is 5.97 Å². The van der Waals surface area contributed by atoms with Gasteiger partial charge in [0.05, 0.1) is 6.61 Å². The Kier molecular flexibility index (Phi) is 7.75. The molecule has 0 saturated carbocycles. The number of ether oxygens (including phenoxy) is 2. The van der Waals surface area contributed by atoms with Gasteiger partial charge in [0, 0.05) is 30.7 Å². The fourth-order valence-corrected chi connectivity index (χ4v) is 2.84. The van der Waals surface area contributed by atoms with Gasteiger partial charge in [-0.2, -0.15) is 5.26 Å². The van der Waals surface area contributed by atoms with Crippen molar-refractivity contribution in [1.82, 2.24) is 4.57 Å². The van der Waals surface area contributed by atoms with E-state index >= 15 is 0 Å². The Hall–Kier alpha value is -3.37. The van der Waals surface area contributed by atoms with Gasteiger partial charge in [-0.05, 0) is 50.6 Å². The van der Waals surface area contributed by atoms with E-state index in [0.29, 0.717) is 18.8 Å². The molecule has 0 bridgehead atoms. The summed E-state index contributed by atoms with van der Waals surface area (Å²) >= 11 is 0. The van der Waals surface area contributed by atoms with Crippen LogP contribution in [0.15, 0.2) is 42.0 Å². The summed E-state index contributed by atoms with van der Waals surface area (Å²) in [5.41, 5.74) is 3.08. The van der Waals surface area contributed by atoms with Crippen LogP contribution in [0.2, 0.25) is 0 Å². The summed E-state index contributed by atoms with van der Waals surface area (Å²) < 4.78 is 12.3. The van der Waals surface area contributed by atoms with Crippen molar-refractivity contribution >= 4 is 23.6 Å². The first-order valence-corrected chi connectivity index (χ1v) is 9.21. The Morgan fingerprint density at radius 3 is 2.59 bits per heavy atom. The normalized spacial score (nSPS) is 12.2. The van der Waals surface area contributed by atoms with Crippen LogP contribution in [0.25, 0.3) is 6.08 Å². The molecule has 1 aromatic carbocycles. The minimum atomic E-state index is -1.05. The van der Waals surface area contributed by atoms with Crippen molar-refractivity contribution in [3.63, 3.8) is 0 Å². The Bertz CT molecular complexity index is 939. The highest BCUT2D eigenvalue weighted by Gasteiger charge is 2.21. The minimum absolute atomic E-state index is 0.170. The number of benzene rings is 1. The van der Waals surface area contributed by atoms with E-state index in [1.54, 1.807) is 31.4 Å². The van der Waals surface area contributed by atoms with Crippen LogP contribution >= 0.6 is 0 Å². The van der Waals surface area contributed by atoms with Gasteiger partial charge < -0.3 is 19.4 Å². The molecule has 7 nitrogen and oxygen atoms in total. The molecular weight excluding hydrogens is 370 g/mol. The molecular formula is C22H25N3O4. The Balaban J connectivity index is 2.10. The maximum Gasteiger partial charge on any atom is 0.349 e. The van der Waals surface area contributed by atoms with Crippen molar-refractivity contribution in [2.45, 2.75) is 33.4 Å². The molecule has 1 amide bonds. The van der Waals surface area contributed by atoms with E-state index in [1.807, 2.05) is 36.6 Å². The molecule has 0 radical (unpaired) electrons. The van der Waals surface area contributed by atoms with Crippen molar-refractivity contribution in [3.8, 4) is 6.07 Å². The van der Waals surface area contributed by atoms with Gasteiger partial charge in [0.1, 0.15) is 11.6 Å². The van der Waals surface area contributed by atoms with Crippen LogP contribution in [0.4, 0.5) is 5.69 Å². The highest BCUT2D eigenvalue weighted by Crippen LogP contribution is 2.19. The second-order valence-corrected chi connectivity index (χ2v) is 6.54. The lowest BCUT2D eigenvalue weighted by atomic mass is 10.1. The SMILES string of the molecule is COCCn1c(C)cc(/C=C(\C#N)C(=O)O[C@@H](C)C(=O)Nc2ccccc2)c1C. The van der Waals surface area contributed by atoms with E-state index < -0.39 is 18.0 Å². The average molecular weight is 395 g/mol. The zero-order valence-electron chi connectivity index (χ0n) is 17.1. The van der Waals surface area contributed by atoms with Gasteiger partial charge in [-0.3, -0.25) is 4.79 Å². The van der Waals surface area contributed by atoms with Crippen molar-refractivity contribution < 1.29 is 19.1 Å². The van der Waals surface area contributed by atoms with E-state index in [0.717, 1.165) is 17.0 Å². The topological polar surface area (TPSA) is 93.3 Å². The number of nitriles is 1. The van der Waals surface area contributed by atoms with Gasteiger partial charge in [0.2, 0.25) is 0 Å². The summed E-state index contributed by atoms with van der Waals surface area (Å²) in [6.07, 6.45) is 0.434. The van der Waals surface area contributed by atoms with Gasteiger partial charge in [-0.25, -0.2) is 4.79 Å². The maximum absolute atomic E-state index is 12.4. The third kappa shape index (κ3) is 5.80. The molecule has 1 N–H and O–H groups in total.